The van der Waals surface area contributed by atoms with E-state index in [1.54, 1.807) is 17.1 Å². The number of urea groups is 1. The van der Waals surface area contributed by atoms with Gasteiger partial charge in [-0.25, -0.2) is 14.5 Å². The second-order valence-electron chi connectivity index (χ2n) is 7.14. The van der Waals surface area contributed by atoms with Gasteiger partial charge >= 0.3 is 6.03 Å². The van der Waals surface area contributed by atoms with Crippen LogP contribution < -0.4 is 20.1 Å². The zero-order valence-electron chi connectivity index (χ0n) is 17.1. The summed E-state index contributed by atoms with van der Waals surface area (Å²) < 4.78 is 13.3. The number of carbonyl (C=O) groups excluding carboxylic acids is 1. The number of aromatic nitrogens is 3. The summed E-state index contributed by atoms with van der Waals surface area (Å²) in [4.78, 5) is 16.6. The van der Waals surface area contributed by atoms with E-state index < -0.39 is 0 Å². The number of rotatable bonds is 7. The first-order chi connectivity index (χ1) is 14.6. The third-order valence-corrected chi connectivity index (χ3v) is 4.82. The van der Waals surface area contributed by atoms with Gasteiger partial charge in [-0.15, -0.1) is 0 Å². The van der Waals surface area contributed by atoms with Gasteiger partial charge in [-0.3, -0.25) is 0 Å². The van der Waals surface area contributed by atoms with Crippen molar-refractivity contribution < 1.29 is 14.3 Å². The minimum absolute atomic E-state index is 0.161. The molecule has 3 heterocycles. The van der Waals surface area contributed by atoms with E-state index in [4.69, 9.17) is 9.47 Å². The van der Waals surface area contributed by atoms with Crippen LogP contribution in [0.25, 0.3) is 5.82 Å². The van der Waals surface area contributed by atoms with Gasteiger partial charge in [0.1, 0.15) is 17.6 Å². The molecule has 0 saturated carbocycles. The average Bonchev–Trinajstić information content (AvgIpc) is 3.40. The molecule has 0 spiro atoms. The number of nitrogens with zero attached hydrogens (tertiary/aromatic N) is 3. The van der Waals surface area contributed by atoms with Crippen molar-refractivity contribution in [1.29, 1.82) is 0 Å². The van der Waals surface area contributed by atoms with Crippen LogP contribution in [0.3, 0.4) is 0 Å². The third kappa shape index (κ3) is 4.53. The third-order valence-electron chi connectivity index (χ3n) is 4.82. The van der Waals surface area contributed by atoms with Crippen molar-refractivity contribution in [2.24, 2.45) is 0 Å². The van der Waals surface area contributed by atoms with Crippen LogP contribution in [0.2, 0.25) is 0 Å². The van der Waals surface area contributed by atoms with E-state index in [9.17, 15) is 4.79 Å². The number of fused-ring (bicyclic) bond motifs is 1. The van der Waals surface area contributed by atoms with Gasteiger partial charge in [0.05, 0.1) is 6.61 Å². The molecular weight excluding hydrogens is 382 g/mol. The molecule has 1 aliphatic heterocycles. The molecule has 3 aromatic rings. The van der Waals surface area contributed by atoms with E-state index in [1.165, 1.54) is 0 Å². The highest BCUT2D eigenvalue weighted by Crippen LogP contribution is 2.35. The van der Waals surface area contributed by atoms with Crippen LogP contribution in [0.5, 0.6) is 11.5 Å². The smallest absolute Gasteiger partial charge is 0.315 e. The van der Waals surface area contributed by atoms with Crippen molar-refractivity contribution in [1.82, 2.24) is 25.4 Å². The van der Waals surface area contributed by atoms with Crippen LogP contribution in [0.4, 0.5) is 4.79 Å². The molecule has 4 rings (SSSR count). The van der Waals surface area contributed by atoms with Crippen molar-refractivity contribution in [3.05, 3.63) is 65.6 Å². The Labute approximate surface area is 175 Å². The number of nitrogens with one attached hydrogen (secondary N) is 2. The Kier molecular flexibility index (Phi) is 5.83. The Morgan fingerprint density at radius 1 is 1.30 bits per heavy atom. The second kappa shape index (κ2) is 8.86. The number of benzene rings is 1. The molecule has 0 fully saturated rings. The topological polar surface area (TPSA) is 90.3 Å². The lowest BCUT2D eigenvalue weighted by Gasteiger charge is -2.14. The number of hydrogen-bond donors (Lipinski definition) is 2. The Morgan fingerprint density at radius 2 is 2.17 bits per heavy atom. The lowest BCUT2D eigenvalue weighted by molar-refractivity contribution is 0.239. The van der Waals surface area contributed by atoms with Gasteiger partial charge in [-0.05, 0) is 43.7 Å². The zero-order chi connectivity index (χ0) is 20.9. The predicted molar refractivity (Wildman–Crippen MR) is 112 cm³/mol. The minimum atomic E-state index is -0.261. The van der Waals surface area contributed by atoms with Gasteiger partial charge in [0.25, 0.3) is 0 Å². The molecule has 30 heavy (non-hydrogen) atoms. The molecule has 156 valence electrons. The largest absolute Gasteiger partial charge is 0.494 e. The van der Waals surface area contributed by atoms with Crippen LogP contribution in [-0.2, 0) is 19.5 Å². The summed E-state index contributed by atoms with van der Waals surface area (Å²) in [5.74, 6) is 2.38. The van der Waals surface area contributed by atoms with Gasteiger partial charge in [0.15, 0.2) is 5.82 Å². The minimum Gasteiger partial charge on any atom is -0.494 e. The molecule has 0 saturated heterocycles. The Bertz CT molecular complexity index is 1000. The first kappa shape index (κ1) is 19.8. The van der Waals surface area contributed by atoms with Gasteiger partial charge in [0, 0.05) is 49.2 Å². The SMILES string of the molecule is CCOc1cc2c(cc1CNC(=O)NCc1ccc(-n3cccn3)nc1)O[C@@H](C)C2. The Balaban J connectivity index is 1.32. The fourth-order valence-corrected chi connectivity index (χ4v) is 3.39. The summed E-state index contributed by atoms with van der Waals surface area (Å²) in [6.45, 7) is 5.28. The average molecular weight is 407 g/mol. The molecule has 0 aliphatic carbocycles. The molecule has 8 heteroatoms. The van der Waals surface area contributed by atoms with Gasteiger partial charge in [-0.1, -0.05) is 6.07 Å². The zero-order valence-corrected chi connectivity index (χ0v) is 17.1. The van der Waals surface area contributed by atoms with Crippen molar-refractivity contribution in [3.63, 3.8) is 0 Å². The van der Waals surface area contributed by atoms with Crippen molar-refractivity contribution in [2.45, 2.75) is 39.5 Å². The second-order valence-corrected chi connectivity index (χ2v) is 7.14. The quantitative estimate of drug-likeness (QED) is 0.628. The van der Waals surface area contributed by atoms with Crippen LogP contribution in [0.1, 0.15) is 30.5 Å². The van der Waals surface area contributed by atoms with E-state index in [0.717, 1.165) is 40.4 Å². The summed E-state index contributed by atoms with van der Waals surface area (Å²) in [5, 5.41) is 9.88. The lowest BCUT2D eigenvalue weighted by atomic mass is 10.1. The van der Waals surface area contributed by atoms with E-state index >= 15 is 0 Å². The number of carbonyl (C=O) groups is 1. The van der Waals surface area contributed by atoms with Gasteiger partial charge in [-0.2, -0.15) is 5.10 Å². The monoisotopic (exact) mass is 407 g/mol. The molecule has 0 bridgehead atoms. The van der Waals surface area contributed by atoms with Crippen molar-refractivity contribution >= 4 is 6.03 Å². The van der Waals surface area contributed by atoms with Crippen LogP contribution in [0, 0.1) is 0 Å². The summed E-state index contributed by atoms with van der Waals surface area (Å²) in [6, 6.07) is 9.33. The molecule has 2 N–H and O–H groups in total. The summed E-state index contributed by atoms with van der Waals surface area (Å²) in [6.07, 6.45) is 6.29. The van der Waals surface area contributed by atoms with E-state index in [1.807, 2.05) is 50.4 Å². The standard InChI is InChI=1S/C22H25N5O3/c1-3-29-19-10-17-9-15(2)30-20(17)11-18(19)14-25-22(28)24-13-16-5-6-21(23-12-16)27-8-4-7-26-27/h4-8,10-12,15H,3,9,13-14H2,1-2H3,(H2,24,25,28)/t15-/m0/s1. The molecule has 1 atom stereocenters. The van der Waals surface area contributed by atoms with E-state index in [0.29, 0.717) is 19.7 Å². The molecular formula is C22H25N5O3. The van der Waals surface area contributed by atoms with Crippen LogP contribution in [-0.4, -0.2) is 33.5 Å². The Hall–Kier alpha value is -3.55. The molecule has 8 nitrogen and oxygen atoms in total. The first-order valence-electron chi connectivity index (χ1n) is 10.0. The maximum atomic E-state index is 12.3. The predicted octanol–water partition coefficient (Wildman–Crippen LogP) is 2.99. The number of ether oxygens (including phenoxy) is 2. The van der Waals surface area contributed by atoms with Gasteiger partial charge < -0.3 is 20.1 Å². The van der Waals surface area contributed by atoms with E-state index in [2.05, 4.69) is 20.7 Å². The summed E-state index contributed by atoms with van der Waals surface area (Å²) in [7, 11) is 0. The van der Waals surface area contributed by atoms with Crippen molar-refractivity contribution in [3.8, 4) is 17.3 Å². The van der Waals surface area contributed by atoms with E-state index in [-0.39, 0.29) is 12.1 Å². The maximum absolute atomic E-state index is 12.3. The highest BCUT2D eigenvalue weighted by molar-refractivity contribution is 5.74. The fourth-order valence-electron chi connectivity index (χ4n) is 3.39. The highest BCUT2D eigenvalue weighted by Gasteiger charge is 2.22. The highest BCUT2D eigenvalue weighted by atomic mass is 16.5. The molecule has 0 radical (unpaired) electrons. The molecule has 2 aromatic heterocycles. The Morgan fingerprint density at radius 3 is 2.90 bits per heavy atom. The van der Waals surface area contributed by atoms with Gasteiger partial charge in [0.2, 0.25) is 0 Å². The normalized spacial score (nSPS) is 14.7. The fraction of sp³-hybridized carbons (Fsp3) is 0.318. The summed E-state index contributed by atoms with van der Waals surface area (Å²) in [5.41, 5.74) is 2.94. The van der Waals surface area contributed by atoms with Crippen LogP contribution in [0.15, 0.2) is 48.9 Å². The molecule has 1 aliphatic rings. The lowest BCUT2D eigenvalue weighted by Crippen LogP contribution is -2.34. The molecule has 0 unspecified atom stereocenters. The van der Waals surface area contributed by atoms with Crippen LogP contribution >= 0.6 is 0 Å². The van der Waals surface area contributed by atoms with Crippen molar-refractivity contribution in [2.75, 3.05) is 6.61 Å². The number of amides is 2. The first-order valence-corrected chi connectivity index (χ1v) is 10.0. The molecule has 1 aromatic carbocycles. The number of hydrogen-bond acceptors (Lipinski definition) is 5. The molecule has 2 amide bonds. The summed E-state index contributed by atoms with van der Waals surface area (Å²) >= 11 is 0. The maximum Gasteiger partial charge on any atom is 0.315 e. The number of pyridine rings is 1.